The quantitative estimate of drug-likeness (QED) is 0.602. The van der Waals surface area contributed by atoms with E-state index in [1.165, 1.54) is 6.07 Å². The number of carbonyl (C=O) groups is 1. The number of halogens is 2. The summed E-state index contributed by atoms with van der Waals surface area (Å²) < 4.78 is 25.8. The molecule has 0 spiro atoms. The first-order valence-corrected chi connectivity index (χ1v) is 11.6. The van der Waals surface area contributed by atoms with Crippen LogP contribution in [0.2, 0.25) is 0 Å². The van der Waals surface area contributed by atoms with Gasteiger partial charge < -0.3 is 18.8 Å². The van der Waals surface area contributed by atoms with Gasteiger partial charge in [0.1, 0.15) is 5.82 Å². The van der Waals surface area contributed by atoms with Crippen LogP contribution >= 0.6 is 28.1 Å². The van der Waals surface area contributed by atoms with Crippen molar-refractivity contribution in [3.63, 3.8) is 0 Å². The Hall–Kier alpha value is -1.51. The number of benzene rings is 1. The monoisotopic (exact) mass is 493 g/mol. The standard InChI is InChI=1S/C22H25BrFN3O2S/c1-25(14-5-7-29-8-6-14)19(28)10-18-20-16-11-22(16,12-27(20)21(30)26(18)2)15-9-13(23)3-4-17(15)24/h3-4,9,14,16H,5-8,10-12H2,1-2H3/t16?,22-/m1/s1. The van der Waals surface area contributed by atoms with Crippen LogP contribution in [0.15, 0.2) is 22.7 Å². The van der Waals surface area contributed by atoms with Crippen molar-refractivity contribution in [2.75, 3.05) is 20.3 Å². The van der Waals surface area contributed by atoms with Crippen molar-refractivity contribution in [2.24, 2.45) is 7.05 Å². The number of nitrogens with zero attached hydrogens (tertiary/aromatic N) is 3. The molecule has 1 unspecified atom stereocenters. The molecule has 1 amide bonds. The van der Waals surface area contributed by atoms with Gasteiger partial charge in [0.15, 0.2) is 4.77 Å². The second-order valence-electron chi connectivity index (χ2n) is 8.82. The lowest BCUT2D eigenvalue weighted by Gasteiger charge is -2.31. The van der Waals surface area contributed by atoms with E-state index in [2.05, 4.69) is 20.5 Å². The van der Waals surface area contributed by atoms with Crippen LogP contribution < -0.4 is 0 Å². The van der Waals surface area contributed by atoms with Gasteiger partial charge >= 0.3 is 0 Å². The van der Waals surface area contributed by atoms with E-state index in [-0.39, 0.29) is 29.1 Å². The van der Waals surface area contributed by atoms with Crippen LogP contribution in [0.1, 0.15) is 42.1 Å². The highest BCUT2D eigenvalue weighted by Gasteiger charge is 2.63. The molecule has 3 aliphatic rings. The first kappa shape index (κ1) is 20.4. The summed E-state index contributed by atoms with van der Waals surface area (Å²) in [6.07, 6.45) is 2.98. The van der Waals surface area contributed by atoms with Gasteiger partial charge in [-0.15, -0.1) is 0 Å². The van der Waals surface area contributed by atoms with Gasteiger partial charge in [0.05, 0.1) is 6.42 Å². The first-order chi connectivity index (χ1) is 14.3. The van der Waals surface area contributed by atoms with Crippen molar-refractivity contribution < 1.29 is 13.9 Å². The number of ether oxygens (including phenoxy) is 1. The molecule has 2 fully saturated rings. The molecule has 0 N–H and O–H groups in total. The predicted molar refractivity (Wildman–Crippen MR) is 118 cm³/mol. The molecule has 5 rings (SSSR count). The molecule has 1 saturated heterocycles. The highest BCUT2D eigenvalue weighted by molar-refractivity contribution is 9.10. The number of imidazole rings is 1. The van der Waals surface area contributed by atoms with Crippen molar-refractivity contribution in [1.82, 2.24) is 14.0 Å². The van der Waals surface area contributed by atoms with E-state index >= 15 is 0 Å². The van der Waals surface area contributed by atoms with Gasteiger partial charge in [-0.3, -0.25) is 4.79 Å². The van der Waals surface area contributed by atoms with Crippen LogP contribution in [-0.2, 0) is 35.0 Å². The van der Waals surface area contributed by atoms with Crippen molar-refractivity contribution in [3.8, 4) is 0 Å². The summed E-state index contributed by atoms with van der Waals surface area (Å²) in [4.78, 5) is 15.0. The maximum absolute atomic E-state index is 14.7. The molecule has 1 aromatic heterocycles. The van der Waals surface area contributed by atoms with E-state index in [9.17, 15) is 9.18 Å². The summed E-state index contributed by atoms with van der Waals surface area (Å²) in [5.41, 5.74) is 2.61. The summed E-state index contributed by atoms with van der Waals surface area (Å²) in [5.74, 6) is 0.145. The highest BCUT2D eigenvalue weighted by atomic mass is 79.9. The Morgan fingerprint density at radius 1 is 1.40 bits per heavy atom. The van der Waals surface area contributed by atoms with Crippen LogP contribution in [0.3, 0.4) is 0 Å². The maximum atomic E-state index is 14.7. The molecule has 2 aliphatic heterocycles. The first-order valence-electron chi connectivity index (χ1n) is 10.4. The van der Waals surface area contributed by atoms with Crippen molar-refractivity contribution in [2.45, 2.75) is 49.6 Å². The second kappa shape index (κ2) is 7.28. The van der Waals surface area contributed by atoms with Crippen LogP contribution in [0.4, 0.5) is 4.39 Å². The Kier molecular flexibility index (Phi) is 4.95. The Balaban J connectivity index is 1.44. The normalized spacial score (nSPS) is 25.1. The molecule has 8 heteroatoms. The number of aromatic nitrogens is 2. The van der Waals surface area contributed by atoms with Crippen LogP contribution in [0.5, 0.6) is 0 Å². The fraction of sp³-hybridized carbons (Fsp3) is 0.545. The summed E-state index contributed by atoms with van der Waals surface area (Å²) in [5, 5.41) is 0. The zero-order valence-electron chi connectivity index (χ0n) is 17.2. The predicted octanol–water partition coefficient (Wildman–Crippen LogP) is 4.08. The topological polar surface area (TPSA) is 39.4 Å². The molecule has 1 aliphatic carbocycles. The summed E-state index contributed by atoms with van der Waals surface area (Å²) in [6, 6.07) is 5.38. The molecule has 0 radical (unpaired) electrons. The Labute approximate surface area is 188 Å². The molecular formula is C22H25BrFN3O2S. The lowest BCUT2D eigenvalue weighted by Crippen LogP contribution is -2.41. The van der Waals surface area contributed by atoms with Gasteiger partial charge in [-0.1, -0.05) is 15.9 Å². The molecule has 1 saturated carbocycles. The average Bonchev–Trinajstić information content (AvgIpc) is 3.31. The molecule has 0 bridgehead atoms. The Morgan fingerprint density at radius 2 is 2.13 bits per heavy atom. The maximum Gasteiger partial charge on any atom is 0.228 e. The van der Waals surface area contributed by atoms with Crippen molar-refractivity contribution in [1.29, 1.82) is 0 Å². The third-order valence-electron chi connectivity index (χ3n) is 7.27. The minimum Gasteiger partial charge on any atom is -0.381 e. The number of hydrogen-bond acceptors (Lipinski definition) is 3. The third-order valence-corrected chi connectivity index (χ3v) is 8.26. The molecule has 160 valence electrons. The molecule has 5 nitrogen and oxygen atoms in total. The summed E-state index contributed by atoms with van der Waals surface area (Å²) in [6.45, 7) is 2.09. The zero-order chi connectivity index (χ0) is 21.2. The Morgan fingerprint density at radius 3 is 2.87 bits per heavy atom. The van der Waals surface area contributed by atoms with E-state index < -0.39 is 0 Å². The molecule has 3 heterocycles. The van der Waals surface area contributed by atoms with Crippen molar-refractivity contribution >= 4 is 34.1 Å². The number of rotatable bonds is 4. The largest absolute Gasteiger partial charge is 0.381 e. The lowest BCUT2D eigenvalue weighted by atomic mass is 9.93. The van der Waals surface area contributed by atoms with Crippen LogP contribution in [0.25, 0.3) is 0 Å². The van der Waals surface area contributed by atoms with Crippen molar-refractivity contribution in [3.05, 3.63) is 50.2 Å². The number of amides is 1. The summed E-state index contributed by atoms with van der Waals surface area (Å²) >= 11 is 9.18. The highest BCUT2D eigenvalue weighted by Crippen LogP contribution is 2.66. The van der Waals surface area contributed by atoms with E-state index in [1.807, 2.05) is 29.6 Å². The second-order valence-corrected chi connectivity index (χ2v) is 10.1. The molecule has 2 aromatic rings. The number of likely N-dealkylation sites (N-methyl/N-ethyl adjacent to an activating group) is 1. The number of fused-ring (bicyclic) bond motifs is 3. The number of carbonyl (C=O) groups excluding carboxylic acids is 1. The fourth-order valence-corrected chi connectivity index (χ4v) is 6.04. The molecule has 30 heavy (non-hydrogen) atoms. The van der Waals surface area contributed by atoms with E-state index in [1.54, 1.807) is 6.07 Å². The molecule has 1 aromatic carbocycles. The fourth-order valence-electron chi connectivity index (χ4n) is 5.40. The van der Waals surface area contributed by atoms with E-state index in [4.69, 9.17) is 17.0 Å². The van der Waals surface area contributed by atoms with Gasteiger partial charge in [0.2, 0.25) is 5.91 Å². The van der Waals surface area contributed by atoms with Gasteiger partial charge in [-0.05, 0) is 55.2 Å². The average molecular weight is 494 g/mol. The van der Waals surface area contributed by atoms with Gasteiger partial charge in [-0.25, -0.2) is 4.39 Å². The summed E-state index contributed by atoms with van der Waals surface area (Å²) in [7, 11) is 3.83. The van der Waals surface area contributed by atoms with E-state index in [0.717, 1.165) is 40.7 Å². The van der Waals surface area contributed by atoms with Crippen LogP contribution in [-0.4, -0.2) is 46.2 Å². The minimum absolute atomic E-state index is 0.104. The molecular weight excluding hydrogens is 469 g/mol. The zero-order valence-corrected chi connectivity index (χ0v) is 19.6. The molecule has 2 atom stereocenters. The lowest BCUT2D eigenvalue weighted by molar-refractivity contribution is -0.133. The minimum atomic E-state index is -0.241. The SMILES string of the molecule is CN(C(=O)Cc1c2n(c(=S)n1C)C[C@@]1(c3cc(Br)ccc3F)CC21)C1CCOCC1. The van der Waals surface area contributed by atoms with Gasteiger partial charge in [0.25, 0.3) is 0 Å². The van der Waals surface area contributed by atoms with Crippen LogP contribution in [0, 0.1) is 10.6 Å². The smallest absolute Gasteiger partial charge is 0.228 e. The van der Waals surface area contributed by atoms with Gasteiger partial charge in [0, 0.05) is 67.1 Å². The number of hydrogen-bond donors (Lipinski definition) is 0. The van der Waals surface area contributed by atoms with Gasteiger partial charge in [-0.2, -0.15) is 0 Å². The van der Waals surface area contributed by atoms with E-state index in [0.29, 0.717) is 31.0 Å². The third kappa shape index (κ3) is 3.02. The Bertz CT molecular complexity index is 1090.